The topological polar surface area (TPSA) is 63.8 Å². The van der Waals surface area contributed by atoms with Crippen molar-refractivity contribution in [3.8, 4) is 0 Å². The van der Waals surface area contributed by atoms with Crippen molar-refractivity contribution < 1.29 is 19.0 Å². The molecule has 2 atom stereocenters. The van der Waals surface area contributed by atoms with Crippen molar-refractivity contribution in [3.63, 3.8) is 0 Å². The van der Waals surface area contributed by atoms with Crippen molar-refractivity contribution in [3.05, 3.63) is 52.9 Å². The lowest BCUT2D eigenvalue weighted by atomic mass is 10.2. The fourth-order valence-corrected chi connectivity index (χ4v) is 2.84. The number of aromatic nitrogens is 1. The van der Waals surface area contributed by atoms with Crippen LogP contribution >= 0.6 is 11.6 Å². The molecule has 146 valence electrons. The van der Waals surface area contributed by atoms with Crippen LogP contribution in [0.3, 0.4) is 0 Å². The Hall–Kier alpha value is -2.28. The SMILES string of the molecule is CO/C(=C\C=C\c1cc2cc(Cl)ccc2[nH]1)C(=O)N(C(C)OC)C(C)OC. The molecule has 2 rings (SSSR count). The number of hydrogen-bond acceptors (Lipinski definition) is 4. The number of H-pyrrole nitrogens is 1. The van der Waals surface area contributed by atoms with Gasteiger partial charge >= 0.3 is 0 Å². The molecule has 1 aromatic heterocycles. The van der Waals surface area contributed by atoms with Gasteiger partial charge in [0.1, 0.15) is 12.5 Å². The van der Waals surface area contributed by atoms with Crippen LogP contribution in [0.4, 0.5) is 0 Å². The van der Waals surface area contributed by atoms with E-state index in [1.807, 2.05) is 30.3 Å². The Morgan fingerprint density at radius 3 is 2.41 bits per heavy atom. The molecule has 0 saturated heterocycles. The van der Waals surface area contributed by atoms with E-state index in [4.69, 9.17) is 25.8 Å². The molecule has 27 heavy (non-hydrogen) atoms. The van der Waals surface area contributed by atoms with Crippen molar-refractivity contribution in [2.75, 3.05) is 21.3 Å². The molecule has 0 saturated carbocycles. The molecule has 0 aliphatic carbocycles. The highest BCUT2D eigenvalue weighted by molar-refractivity contribution is 6.31. The van der Waals surface area contributed by atoms with E-state index in [9.17, 15) is 4.79 Å². The van der Waals surface area contributed by atoms with E-state index < -0.39 is 12.5 Å². The van der Waals surface area contributed by atoms with Crippen LogP contribution < -0.4 is 0 Å². The maximum Gasteiger partial charge on any atom is 0.292 e. The minimum absolute atomic E-state index is 0.179. The second-order valence-corrected chi connectivity index (χ2v) is 6.37. The number of rotatable bonds is 8. The maximum atomic E-state index is 12.8. The molecule has 0 bridgehead atoms. The molecule has 1 amide bonds. The first-order valence-corrected chi connectivity index (χ1v) is 8.88. The number of fused-ring (bicyclic) bond motifs is 1. The first kappa shape index (κ1) is 21.0. The summed E-state index contributed by atoms with van der Waals surface area (Å²) in [6.07, 6.45) is 4.28. The van der Waals surface area contributed by atoms with E-state index in [0.717, 1.165) is 16.6 Å². The van der Waals surface area contributed by atoms with Gasteiger partial charge in [0.05, 0.1) is 7.11 Å². The lowest BCUT2D eigenvalue weighted by Crippen LogP contribution is -2.47. The van der Waals surface area contributed by atoms with E-state index in [0.29, 0.717) is 5.02 Å². The number of nitrogens with one attached hydrogen (secondary N) is 1. The zero-order valence-electron chi connectivity index (χ0n) is 16.2. The van der Waals surface area contributed by atoms with E-state index in [-0.39, 0.29) is 11.7 Å². The summed E-state index contributed by atoms with van der Waals surface area (Å²) in [6, 6.07) is 7.62. The normalized spacial score (nSPS) is 14.5. The molecule has 2 aromatic rings. The number of halogens is 1. The lowest BCUT2D eigenvalue weighted by Gasteiger charge is -2.32. The number of ether oxygens (including phenoxy) is 3. The third-order valence-corrected chi connectivity index (χ3v) is 4.49. The fraction of sp³-hybridized carbons (Fsp3) is 0.350. The number of methoxy groups -OCH3 is 3. The molecule has 0 spiro atoms. The summed E-state index contributed by atoms with van der Waals surface area (Å²) >= 11 is 6.01. The molecular weight excluding hydrogens is 368 g/mol. The van der Waals surface area contributed by atoms with Crippen LogP contribution in [0.25, 0.3) is 17.0 Å². The van der Waals surface area contributed by atoms with Gasteiger partial charge < -0.3 is 19.2 Å². The quantitative estimate of drug-likeness (QED) is 0.317. The molecular formula is C20H25ClN2O4. The van der Waals surface area contributed by atoms with Gasteiger partial charge in [0.2, 0.25) is 0 Å². The number of amides is 1. The van der Waals surface area contributed by atoms with Gasteiger partial charge in [-0.15, -0.1) is 0 Å². The van der Waals surface area contributed by atoms with Crippen LogP contribution in [-0.4, -0.2) is 49.6 Å². The van der Waals surface area contributed by atoms with Gasteiger partial charge in [-0.25, -0.2) is 0 Å². The Bertz CT molecular complexity index is 834. The van der Waals surface area contributed by atoms with Gasteiger partial charge in [-0.1, -0.05) is 17.7 Å². The molecule has 0 aliphatic rings. The van der Waals surface area contributed by atoms with E-state index in [2.05, 4.69) is 4.98 Å². The summed E-state index contributed by atoms with van der Waals surface area (Å²) in [6.45, 7) is 3.54. The molecule has 0 fully saturated rings. The molecule has 1 heterocycles. The molecule has 7 heteroatoms. The number of carbonyl (C=O) groups excluding carboxylic acids is 1. The fourth-order valence-electron chi connectivity index (χ4n) is 2.66. The van der Waals surface area contributed by atoms with Crippen molar-refractivity contribution in [2.45, 2.75) is 26.3 Å². The summed E-state index contributed by atoms with van der Waals surface area (Å²) in [5.41, 5.74) is 1.87. The van der Waals surface area contributed by atoms with Crippen LogP contribution in [0.15, 0.2) is 42.2 Å². The predicted octanol–water partition coefficient (Wildman–Crippen LogP) is 4.18. The molecule has 2 unspecified atom stereocenters. The third kappa shape index (κ3) is 5.13. The predicted molar refractivity (Wildman–Crippen MR) is 107 cm³/mol. The summed E-state index contributed by atoms with van der Waals surface area (Å²) in [7, 11) is 4.52. The number of nitrogens with zero attached hydrogens (tertiary/aromatic N) is 1. The largest absolute Gasteiger partial charge is 0.491 e. The molecule has 1 aromatic carbocycles. The van der Waals surface area contributed by atoms with Crippen molar-refractivity contribution in [1.29, 1.82) is 0 Å². The second-order valence-electron chi connectivity index (χ2n) is 5.93. The summed E-state index contributed by atoms with van der Waals surface area (Å²) < 4.78 is 15.8. The Kier molecular flexibility index (Phi) is 7.47. The van der Waals surface area contributed by atoms with Gasteiger partial charge in [-0.3, -0.25) is 9.69 Å². The van der Waals surface area contributed by atoms with Gasteiger partial charge in [-0.05, 0) is 50.3 Å². The standard InChI is InChI=1S/C20H25ClN2O4/c1-13(25-3)23(14(2)26-4)20(24)19(27-5)8-6-7-17-12-15-11-16(21)9-10-18(15)22-17/h6-14,22H,1-5H3/b7-6+,19-8-. The molecule has 0 radical (unpaired) electrons. The van der Waals surface area contributed by atoms with Gasteiger partial charge in [0, 0.05) is 35.8 Å². The zero-order chi connectivity index (χ0) is 20.0. The highest BCUT2D eigenvalue weighted by atomic mass is 35.5. The average molecular weight is 393 g/mol. The highest BCUT2D eigenvalue weighted by Crippen LogP contribution is 2.21. The monoisotopic (exact) mass is 392 g/mol. The Labute approximate surface area is 164 Å². The Morgan fingerprint density at radius 1 is 1.15 bits per heavy atom. The first-order chi connectivity index (χ1) is 12.9. The van der Waals surface area contributed by atoms with Gasteiger partial charge in [0.25, 0.3) is 5.91 Å². The van der Waals surface area contributed by atoms with Crippen molar-refractivity contribution in [2.24, 2.45) is 0 Å². The lowest BCUT2D eigenvalue weighted by molar-refractivity contribution is -0.162. The number of carbonyl (C=O) groups is 1. The summed E-state index contributed by atoms with van der Waals surface area (Å²) in [5, 5.41) is 1.70. The maximum absolute atomic E-state index is 12.8. The summed E-state index contributed by atoms with van der Waals surface area (Å²) in [5.74, 6) is -0.146. The van der Waals surface area contributed by atoms with E-state index in [1.165, 1.54) is 26.2 Å². The average Bonchev–Trinajstić information content (AvgIpc) is 3.06. The third-order valence-electron chi connectivity index (χ3n) is 4.26. The van der Waals surface area contributed by atoms with Crippen LogP contribution in [0, 0.1) is 0 Å². The zero-order valence-corrected chi connectivity index (χ0v) is 16.9. The Morgan fingerprint density at radius 2 is 1.81 bits per heavy atom. The number of benzene rings is 1. The van der Waals surface area contributed by atoms with Crippen molar-refractivity contribution in [1.82, 2.24) is 9.88 Å². The van der Waals surface area contributed by atoms with Gasteiger partial charge in [0.15, 0.2) is 5.76 Å². The van der Waals surface area contributed by atoms with Crippen LogP contribution in [0.2, 0.25) is 5.02 Å². The van der Waals surface area contributed by atoms with Crippen LogP contribution in [-0.2, 0) is 19.0 Å². The molecule has 0 aliphatic heterocycles. The van der Waals surface area contributed by atoms with Crippen molar-refractivity contribution >= 4 is 34.5 Å². The van der Waals surface area contributed by atoms with Crippen LogP contribution in [0.5, 0.6) is 0 Å². The highest BCUT2D eigenvalue weighted by Gasteiger charge is 2.28. The minimum Gasteiger partial charge on any atom is -0.491 e. The molecule has 1 N–H and O–H groups in total. The van der Waals surface area contributed by atoms with E-state index >= 15 is 0 Å². The summed E-state index contributed by atoms with van der Waals surface area (Å²) in [4.78, 5) is 17.5. The Balaban J connectivity index is 2.22. The second kappa shape index (κ2) is 9.60. The molecule has 6 nitrogen and oxygen atoms in total. The number of allylic oxidation sites excluding steroid dienone is 2. The van der Waals surface area contributed by atoms with E-state index in [1.54, 1.807) is 26.0 Å². The minimum atomic E-state index is -0.464. The van der Waals surface area contributed by atoms with Crippen LogP contribution in [0.1, 0.15) is 19.5 Å². The smallest absolute Gasteiger partial charge is 0.292 e. The van der Waals surface area contributed by atoms with Gasteiger partial charge in [-0.2, -0.15) is 0 Å². The number of hydrogen-bond donors (Lipinski definition) is 1. The number of aromatic amines is 1. The first-order valence-electron chi connectivity index (χ1n) is 8.50.